The van der Waals surface area contributed by atoms with E-state index in [-0.39, 0.29) is 41.0 Å². The van der Waals surface area contributed by atoms with Crippen molar-refractivity contribution in [2.75, 3.05) is 0 Å². The summed E-state index contributed by atoms with van der Waals surface area (Å²) < 4.78 is 51.8. The molecule has 0 aliphatic heterocycles. The lowest BCUT2D eigenvalue weighted by molar-refractivity contribution is 0.595. The molecule has 84 heavy (non-hydrogen) atoms. The van der Waals surface area contributed by atoms with Gasteiger partial charge in [-0.1, -0.05) is 255 Å². The van der Waals surface area contributed by atoms with Gasteiger partial charge >= 0.3 is 0 Å². The van der Waals surface area contributed by atoms with Crippen molar-refractivity contribution < 1.29 is 17.6 Å². The van der Waals surface area contributed by atoms with E-state index in [0.717, 1.165) is 54.6 Å². The maximum atomic E-state index is 13.1. The summed E-state index contributed by atoms with van der Waals surface area (Å²) in [6.07, 6.45) is 0. The second-order valence-electron chi connectivity index (χ2n) is 24.0. The van der Waals surface area contributed by atoms with E-state index >= 15 is 0 Å². The van der Waals surface area contributed by atoms with Gasteiger partial charge in [-0.25, -0.2) is 17.6 Å². The van der Waals surface area contributed by atoms with Crippen LogP contribution in [0.1, 0.15) is 236 Å². The molecule has 0 unspecified atom stereocenters. The third-order valence-electron chi connectivity index (χ3n) is 14.0. The van der Waals surface area contributed by atoms with Gasteiger partial charge in [-0.05, 0) is 215 Å². The zero-order valence-corrected chi connectivity index (χ0v) is 56.6. The van der Waals surface area contributed by atoms with E-state index in [0.29, 0.717) is 29.6 Å². The normalized spacial score (nSPS) is 10.5. The molecule has 0 aromatic heterocycles. The Morgan fingerprint density at radius 2 is 0.631 bits per heavy atom. The lowest BCUT2D eigenvalue weighted by atomic mass is 9.98. The molecule has 0 N–H and O–H groups in total. The molecule has 0 aliphatic rings. The minimum atomic E-state index is -0.131. The minimum Gasteiger partial charge on any atom is -0.207 e. The van der Waals surface area contributed by atoms with Gasteiger partial charge in [0.15, 0.2) is 0 Å². The minimum absolute atomic E-state index is 0.0833. The van der Waals surface area contributed by atoms with Crippen molar-refractivity contribution in [1.29, 1.82) is 0 Å². The molecule has 8 aromatic carbocycles. The quantitative estimate of drug-likeness (QED) is 0.133. The average Bonchev–Trinajstić information content (AvgIpc) is 3.42. The Morgan fingerprint density at radius 1 is 0.274 bits per heavy atom. The molecule has 0 atom stereocenters. The first-order valence-corrected chi connectivity index (χ1v) is 30.7. The third kappa shape index (κ3) is 28.8. The zero-order chi connectivity index (χ0) is 64.0. The summed E-state index contributed by atoms with van der Waals surface area (Å²) in [4.78, 5) is 0. The highest BCUT2D eigenvalue weighted by atomic mass is 35.5. The molecule has 0 radical (unpaired) electrons. The van der Waals surface area contributed by atoms with E-state index in [1.807, 2.05) is 118 Å². The molecule has 0 saturated carbocycles. The summed E-state index contributed by atoms with van der Waals surface area (Å²) in [6.45, 7) is 45.9. The molecule has 0 heterocycles. The molecule has 0 aliphatic carbocycles. The van der Waals surface area contributed by atoms with Gasteiger partial charge in [0.1, 0.15) is 23.3 Å². The van der Waals surface area contributed by atoms with Crippen molar-refractivity contribution in [3.63, 3.8) is 0 Å². The largest absolute Gasteiger partial charge is 0.207 e. The van der Waals surface area contributed by atoms with Gasteiger partial charge in [-0.15, -0.1) is 0 Å². The molecule has 0 amide bonds. The molecular formula is C78H102Cl2F4. The molecule has 8 aromatic rings. The van der Waals surface area contributed by atoms with Gasteiger partial charge in [0.05, 0.1) is 0 Å². The van der Waals surface area contributed by atoms with E-state index in [2.05, 4.69) is 156 Å². The van der Waals surface area contributed by atoms with Gasteiger partial charge < -0.3 is 0 Å². The topological polar surface area (TPSA) is 0 Å². The molecule has 0 spiro atoms. The first-order valence-electron chi connectivity index (χ1n) is 29.9. The predicted octanol–water partition coefficient (Wildman–Crippen LogP) is 26.2. The molecule has 0 fully saturated rings. The highest BCUT2D eigenvalue weighted by molar-refractivity contribution is 6.31. The maximum Gasteiger partial charge on any atom is 0.126 e. The number of hydrogen-bond acceptors (Lipinski definition) is 0. The first kappa shape index (κ1) is 76.1. The summed E-state index contributed by atoms with van der Waals surface area (Å²) in [7, 11) is 0. The predicted molar refractivity (Wildman–Crippen MR) is 363 cm³/mol. The Bertz CT molecular complexity index is 2870. The van der Waals surface area contributed by atoms with E-state index in [9.17, 15) is 17.6 Å². The highest BCUT2D eigenvalue weighted by Gasteiger charge is 2.10. The van der Waals surface area contributed by atoms with Crippen LogP contribution in [0.15, 0.2) is 170 Å². The second kappa shape index (κ2) is 39.6. The van der Waals surface area contributed by atoms with Crippen LogP contribution >= 0.6 is 23.2 Å². The number of benzene rings is 8. The van der Waals surface area contributed by atoms with Crippen molar-refractivity contribution in [2.24, 2.45) is 0 Å². The molecule has 0 saturated heterocycles. The van der Waals surface area contributed by atoms with Gasteiger partial charge in [-0.2, -0.15) is 0 Å². The van der Waals surface area contributed by atoms with Crippen LogP contribution in [0.2, 0.25) is 10.0 Å². The summed E-state index contributed by atoms with van der Waals surface area (Å²) in [5.41, 5.74) is 16.2. The van der Waals surface area contributed by atoms with Crippen LogP contribution in [0, 0.1) is 64.8 Å². The van der Waals surface area contributed by atoms with Gasteiger partial charge in [-0.3, -0.25) is 0 Å². The van der Waals surface area contributed by atoms with Crippen LogP contribution in [-0.4, -0.2) is 0 Å². The van der Waals surface area contributed by atoms with Crippen LogP contribution in [0.4, 0.5) is 17.6 Å². The van der Waals surface area contributed by atoms with Crippen molar-refractivity contribution in [3.05, 3.63) is 281 Å². The fourth-order valence-electron chi connectivity index (χ4n) is 9.14. The SMILES string of the molecule is CC(C)c1ccc(Cl)cc1.CC(C)c1ccccc1F.Cc1cc(C(C)C)ccc1Cl.Cc1cc(F)cc(C(C)C)c1.Cc1cccc(F)c1C(C)C.Cc1cccc(F)c1C(C)C.Cc1ccccc1C(C)C.Cc1ccccc1C(C)C. The van der Waals surface area contributed by atoms with Crippen molar-refractivity contribution in [2.45, 2.75) is 200 Å². The van der Waals surface area contributed by atoms with Crippen molar-refractivity contribution in [1.82, 2.24) is 0 Å². The Balaban J connectivity index is 0.000000480. The third-order valence-corrected chi connectivity index (χ3v) is 14.6. The van der Waals surface area contributed by atoms with Crippen molar-refractivity contribution in [3.8, 4) is 0 Å². The lowest BCUT2D eigenvalue weighted by Gasteiger charge is -2.09. The molecule has 0 bridgehead atoms. The molecule has 0 nitrogen and oxygen atoms in total. The fourth-order valence-corrected chi connectivity index (χ4v) is 9.38. The molecule has 456 valence electrons. The van der Waals surface area contributed by atoms with Gasteiger partial charge in [0.2, 0.25) is 0 Å². The first-order chi connectivity index (χ1) is 39.3. The number of hydrogen-bond donors (Lipinski definition) is 0. The van der Waals surface area contributed by atoms with E-state index in [1.54, 1.807) is 30.3 Å². The molecule has 6 heteroatoms. The molecule has 8 rings (SSSR count). The summed E-state index contributed by atoms with van der Waals surface area (Å²) >= 11 is 11.6. The Hall–Kier alpha value is -5.94. The summed E-state index contributed by atoms with van der Waals surface area (Å²) in [6, 6.07) is 53.7. The second-order valence-corrected chi connectivity index (χ2v) is 24.9. The smallest absolute Gasteiger partial charge is 0.126 e. The van der Waals surface area contributed by atoms with Gasteiger partial charge in [0, 0.05) is 10.0 Å². The number of halogens is 6. The number of aryl methyl sites for hydroxylation is 6. The maximum absolute atomic E-state index is 13.1. The number of rotatable bonds is 8. The lowest BCUT2D eigenvalue weighted by Crippen LogP contribution is -1.95. The monoisotopic (exact) mass is 1180 g/mol. The molecular weight excluding hydrogens is 1080 g/mol. The highest BCUT2D eigenvalue weighted by Crippen LogP contribution is 2.25. The van der Waals surface area contributed by atoms with E-state index < -0.39 is 0 Å². The Morgan fingerprint density at radius 3 is 0.929 bits per heavy atom. The Kier molecular flexibility index (Phi) is 35.9. The van der Waals surface area contributed by atoms with Crippen LogP contribution in [0.5, 0.6) is 0 Å². The van der Waals surface area contributed by atoms with Crippen LogP contribution in [0.3, 0.4) is 0 Å². The van der Waals surface area contributed by atoms with Gasteiger partial charge in [0.25, 0.3) is 0 Å². The van der Waals surface area contributed by atoms with Crippen LogP contribution in [-0.2, 0) is 0 Å². The van der Waals surface area contributed by atoms with Crippen molar-refractivity contribution >= 4 is 23.2 Å². The average molecular weight is 1190 g/mol. The summed E-state index contributed by atoms with van der Waals surface area (Å²) in [5.74, 6) is 3.33. The zero-order valence-electron chi connectivity index (χ0n) is 55.1. The standard InChI is InChI=1S/C10H13Cl.3C10H13F.2C10H14.C9H11Cl.C9H11F/c1-7(2)9-4-5-10(11)8(3)6-9;1-7(2)9-4-8(3)5-10(11)6-9;2*1-7(2)10-8(3)5-4-6-9(10)11;2*1-8(2)10-7-5-4-6-9(10)3;1-7(2)8-3-5-9(10)6-4-8;1-7(2)8-5-3-4-6-9(8)10/h4*4-7H,1-3H3;2*4-8H,1-3H3;2*3-7H,1-2H3. The van der Waals surface area contributed by atoms with Crippen LogP contribution < -0.4 is 0 Å². The Labute approximate surface area is 518 Å². The fraction of sp³-hybridized carbons (Fsp3) is 0.385. The van der Waals surface area contributed by atoms with E-state index in [4.69, 9.17) is 23.2 Å². The van der Waals surface area contributed by atoms with Crippen LogP contribution in [0.25, 0.3) is 0 Å². The summed E-state index contributed by atoms with van der Waals surface area (Å²) in [5, 5.41) is 1.67. The van der Waals surface area contributed by atoms with E-state index in [1.165, 1.54) is 51.6 Å².